The number of hydrogen-bond acceptors (Lipinski definition) is 4. The van der Waals surface area contributed by atoms with Crippen molar-refractivity contribution in [2.75, 3.05) is 0 Å². The lowest BCUT2D eigenvalue weighted by molar-refractivity contribution is 0.171. The molecule has 0 radical (unpaired) electrons. The second kappa shape index (κ2) is 5.80. The van der Waals surface area contributed by atoms with E-state index in [1.807, 2.05) is 31.2 Å². The van der Waals surface area contributed by atoms with Crippen LogP contribution in [0.2, 0.25) is 0 Å². The van der Waals surface area contributed by atoms with E-state index in [4.69, 9.17) is 0 Å². The van der Waals surface area contributed by atoms with Crippen LogP contribution in [-0.4, -0.2) is 15.1 Å². The minimum Gasteiger partial charge on any atom is -0.388 e. The molecule has 1 aromatic heterocycles. The van der Waals surface area contributed by atoms with Crippen LogP contribution in [0.15, 0.2) is 52.8 Å². The molecule has 4 heteroatoms. The zero-order valence-electron chi connectivity index (χ0n) is 9.58. The monoisotopic (exact) mass is 246 g/mol. The fraction of sp³-hybridized carbons (Fsp3) is 0.231. The molecular weight excluding hydrogens is 232 g/mol. The predicted octanol–water partition coefficient (Wildman–Crippen LogP) is 3.07. The third-order valence-corrected chi connectivity index (χ3v) is 3.43. The number of aromatic nitrogens is 2. The molecule has 0 aliphatic carbocycles. The van der Waals surface area contributed by atoms with E-state index in [0.717, 1.165) is 15.5 Å². The lowest BCUT2D eigenvalue weighted by Gasteiger charge is -2.12. The zero-order valence-corrected chi connectivity index (χ0v) is 10.4. The van der Waals surface area contributed by atoms with Gasteiger partial charge in [0, 0.05) is 17.3 Å². The highest BCUT2D eigenvalue weighted by atomic mass is 32.2. The summed E-state index contributed by atoms with van der Waals surface area (Å²) in [7, 11) is 0. The SMILES string of the molecule is CC[C@H](O)c1ccccc1Sc1cnccn1. The van der Waals surface area contributed by atoms with E-state index >= 15 is 0 Å². The molecule has 0 bridgehead atoms. The Bertz CT molecular complexity index is 476. The molecule has 0 saturated carbocycles. The molecule has 88 valence electrons. The fourth-order valence-electron chi connectivity index (χ4n) is 1.52. The maximum Gasteiger partial charge on any atom is 0.119 e. The van der Waals surface area contributed by atoms with Gasteiger partial charge >= 0.3 is 0 Å². The van der Waals surface area contributed by atoms with Crippen molar-refractivity contribution in [3.05, 3.63) is 48.4 Å². The summed E-state index contributed by atoms with van der Waals surface area (Å²) in [4.78, 5) is 9.28. The zero-order chi connectivity index (χ0) is 12.1. The smallest absolute Gasteiger partial charge is 0.119 e. The van der Waals surface area contributed by atoms with Crippen LogP contribution in [0.5, 0.6) is 0 Å². The van der Waals surface area contributed by atoms with Crippen molar-refractivity contribution < 1.29 is 5.11 Å². The molecule has 1 N–H and O–H groups in total. The first-order valence-electron chi connectivity index (χ1n) is 5.52. The summed E-state index contributed by atoms with van der Waals surface area (Å²) in [6.45, 7) is 1.97. The fourth-order valence-corrected chi connectivity index (χ4v) is 2.44. The van der Waals surface area contributed by atoms with Crippen LogP contribution in [0.1, 0.15) is 25.0 Å². The second-order valence-corrected chi connectivity index (χ2v) is 4.67. The molecule has 0 unspecified atom stereocenters. The molecule has 2 rings (SSSR count). The molecule has 0 amide bonds. The van der Waals surface area contributed by atoms with E-state index in [1.165, 1.54) is 11.8 Å². The maximum atomic E-state index is 9.94. The number of hydrogen-bond donors (Lipinski definition) is 1. The van der Waals surface area contributed by atoms with Crippen LogP contribution < -0.4 is 0 Å². The Morgan fingerprint density at radius 1 is 1.29 bits per heavy atom. The predicted molar refractivity (Wildman–Crippen MR) is 67.8 cm³/mol. The van der Waals surface area contributed by atoms with E-state index in [0.29, 0.717) is 6.42 Å². The molecule has 17 heavy (non-hydrogen) atoms. The average Bonchev–Trinajstić information content (AvgIpc) is 2.40. The summed E-state index contributed by atoms with van der Waals surface area (Å²) >= 11 is 1.52. The van der Waals surface area contributed by atoms with Crippen molar-refractivity contribution in [1.29, 1.82) is 0 Å². The number of nitrogens with zero attached hydrogens (tertiary/aromatic N) is 2. The molecule has 0 fully saturated rings. The van der Waals surface area contributed by atoms with Gasteiger partial charge in [-0.2, -0.15) is 0 Å². The largest absolute Gasteiger partial charge is 0.388 e. The van der Waals surface area contributed by atoms with E-state index in [1.54, 1.807) is 18.6 Å². The van der Waals surface area contributed by atoms with Crippen molar-refractivity contribution in [3.8, 4) is 0 Å². The summed E-state index contributed by atoms with van der Waals surface area (Å²) in [5, 5.41) is 10.8. The average molecular weight is 246 g/mol. The normalized spacial score (nSPS) is 12.4. The van der Waals surface area contributed by atoms with Gasteiger partial charge in [-0.15, -0.1) is 0 Å². The Balaban J connectivity index is 2.27. The van der Waals surface area contributed by atoms with Crippen molar-refractivity contribution in [2.24, 2.45) is 0 Å². The van der Waals surface area contributed by atoms with Gasteiger partial charge in [0.1, 0.15) is 5.03 Å². The van der Waals surface area contributed by atoms with Gasteiger partial charge in [0.25, 0.3) is 0 Å². The molecule has 0 aliphatic rings. The first-order valence-corrected chi connectivity index (χ1v) is 6.33. The third-order valence-electron chi connectivity index (χ3n) is 2.42. The van der Waals surface area contributed by atoms with Gasteiger partial charge in [0.2, 0.25) is 0 Å². The van der Waals surface area contributed by atoms with Crippen molar-refractivity contribution in [1.82, 2.24) is 9.97 Å². The van der Waals surface area contributed by atoms with E-state index in [2.05, 4.69) is 9.97 Å². The minimum absolute atomic E-state index is 0.421. The topological polar surface area (TPSA) is 46.0 Å². The molecule has 0 saturated heterocycles. The first-order chi connectivity index (χ1) is 8.31. The highest BCUT2D eigenvalue weighted by molar-refractivity contribution is 7.99. The van der Waals surface area contributed by atoms with Crippen molar-refractivity contribution >= 4 is 11.8 Å². The molecule has 3 nitrogen and oxygen atoms in total. The van der Waals surface area contributed by atoms with Gasteiger partial charge in [-0.05, 0) is 18.1 Å². The van der Waals surface area contributed by atoms with Gasteiger partial charge in [-0.3, -0.25) is 4.98 Å². The Morgan fingerprint density at radius 3 is 2.82 bits per heavy atom. The van der Waals surface area contributed by atoms with Gasteiger partial charge < -0.3 is 5.11 Å². The van der Waals surface area contributed by atoms with E-state index < -0.39 is 6.10 Å². The molecular formula is C13H14N2OS. The minimum atomic E-state index is -0.421. The molecule has 0 aliphatic heterocycles. The molecule has 1 heterocycles. The molecule has 1 aromatic carbocycles. The molecule has 0 spiro atoms. The Labute approximate surface area is 105 Å². The maximum absolute atomic E-state index is 9.94. The lowest BCUT2D eigenvalue weighted by Crippen LogP contribution is -1.97. The lowest BCUT2D eigenvalue weighted by atomic mass is 10.1. The highest BCUT2D eigenvalue weighted by Gasteiger charge is 2.11. The van der Waals surface area contributed by atoms with Gasteiger partial charge in [0.05, 0.1) is 12.3 Å². The van der Waals surface area contributed by atoms with Gasteiger partial charge in [-0.25, -0.2) is 4.98 Å². The van der Waals surface area contributed by atoms with Crippen LogP contribution in [0.25, 0.3) is 0 Å². The van der Waals surface area contributed by atoms with Crippen LogP contribution >= 0.6 is 11.8 Å². The number of aliphatic hydroxyl groups excluding tert-OH is 1. The van der Waals surface area contributed by atoms with E-state index in [9.17, 15) is 5.11 Å². The number of benzene rings is 1. The van der Waals surface area contributed by atoms with Crippen LogP contribution in [0.4, 0.5) is 0 Å². The Kier molecular flexibility index (Phi) is 4.12. The van der Waals surface area contributed by atoms with Gasteiger partial charge in [0.15, 0.2) is 0 Å². The number of rotatable bonds is 4. The van der Waals surface area contributed by atoms with Crippen molar-refractivity contribution in [2.45, 2.75) is 29.4 Å². The third kappa shape index (κ3) is 3.05. The van der Waals surface area contributed by atoms with Crippen LogP contribution in [0, 0.1) is 0 Å². The van der Waals surface area contributed by atoms with Crippen molar-refractivity contribution in [3.63, 3.8) is 0 Å². The summed E-state index contributed by atoms with van der Waals surface area (Å²) in [5.74, 6) is 0. The van der Waals surface area contributed by atoms with Crippen LogP contribution in [0.3, 0.4) is 0 Å². The standard InChI is InChI=1S/C13H14N2OS/c1-2-11(16)10-5-3-4-6-12(10)17-13-9-14-7-8-15-13/h3-9,11,16H,2H2,1H3/t11-/m0/s1. The number of aliphatic hydroxyl groups is 1. The summed E-state index contributed by atoms with van der Waals surface area (Å²) in [5.41, 5.74) is 0.950. The Morgan fingerprint density at radius 2 is 2.12 bits per heavy atom. The summed E-state index contributed by atoms with van der Waals surface area (Å²) in [6, 6.07) is 7.85. The highest BCUT2D eigenvalue weighted by Crippen LogP contribution is 2.32. The van der Waals surface area contributed by atoms with Gasteiger partial charge in [-0.1, -0.05) is 36.9 Å². The summed E-state index contributed by atoms with van der Waals surface area (Å²) in [6.07, 6.45) is 5.32. The second-order valence-electron chi connectivity index (χ2n) is 3.61. The van der Waals surface area contributed by atoms with Crippen LogP contribution in [-0.2, 0) is 0 Å². The molecule has 1 atom stereocenters. The first kappa shape index (κ1) is 12.1. The Hall–Kier alpha value is -1.39. The molecule has 2 aromatic rings. The summed E-state index contributed by atoms with van der Waals surface area (Å²) < 4.78 is 0. The van der Waals surface area contributed by atoms with E-state index in [-0.39, 0.29) is 0 Å². The quantitative estimate of drug-likeness (QED) is 0.900.